The minimum Gasteiger partial charge on any atom is -0.361 e. The van der Waals surface area contributed by atoms with E-state index in [1.807, 2.05) is 0 Å². The third-order valence-electron chi connectivity index (χ3n) is 3.92. The van der Waals surface area contributed by atoms with Crippen LogP contribution in [0.25, 0.3) is 0 Å². The summed E-state index contributed by atoms with van der Waals surface area (Å²) in [6, 6.07) is 0. The molecule has 24 heavy (non-hydrogen) atoms. The molecular weight excluding hydrogens is 336 g/mol. The van der Waals surface area contributed by atoms with Crippen LogP contribution in [-0.4, -0.2) is 23.3 Å². The van der Waals surface area contributed by atoms with Crippen LogP contribution in [0.3, 0.4) is 0 Å². The summed E-state index contributed by atoms with van der Waals surface area (Å²) in [4.78, 5) is 0. The minimum atomic E-state index is 0.604. The van der Waals surface area contributed by atoms with Crippen molar-refractivity contribution in [2.24, 2.45) is 0 Å². The maximum atomic E-state index is 5.21. The largest absolute Gasteiger partial charge is 0.361 e. The van der Waals surface area contributed by atoms with Crippen LogP contribution in [-0.2, 0) is 0 Å². The number of nitrogens with one attached hydrogen (secondary N) is 4. The molecule has 0 heterocycles. The third-order valence-corrected chi connectivity index (χ3v) is 4.41. The highest BCUT2D eigenvalue weighted by atomic mass is 32.1. The van der Waals surface area contributed by atoms with Crippen molar-refractivity contribution in [1.82, 2.24) is 21.5 Å². The molecule has 0 aliphatic carbocycles. The normalized spacial score (nSPS) is 10.2. The highest BCUT2D eigenvalue weighted by Crippen LogP contribution is 2.04. The van der Waals surface area contributed by atoms with Crippen LogP contribution in [0.15, 0.2) is 0 Å². The van der Waals surface area contributed by atoms with Crippen molar-refractivity contribution in [2.45, 2.75) is 90.9 Å². The number of hydrogen-bond donors (Lipinski definition) is 4. The Balaban J connectivity index is 3.34. The molecule has 0 aromatic carbocycles. The van der Waals surface area contributed by atoms with Crippen molar-refractivity contribution in [2.75, 3.05) is 13.1 Å². The lowest BCUT2D eigenvalue weighted by Gasteiger charge is -2.14. The van der Waals surface area contributed by atoms with Gasteiger partial charge >= 0.3 is 0 Å². The van der Waals surface area contributed by atoms with Crippen LogP contribution in [0.1, 0.15) is 90.9 Å². The average Bonchev–Trinajstić information content (AvgIpc) is 2.58. The molecule has 4 N–H and O–H groups in total. The summed E-state index contributed by atoms with van der Waals surface area (Å²) in [6.07, 6.45) is 15.5. The molecule has 0 rings (SSSR count). The Bertz CT molecular complexity index is 281. The predicted molar refractivity (Wildman–Crippen MR) is 114 cm³/mol. The second kappa shape index (κ2) is 18.7. The maximum absolute atomic E-state index is 5.21. The average molecular weight is 375 g/mol. The van der Waals surface area contributed by atoms with Gasteiger partial charge in [-0.3, -0.25) is 10.9 Å². The van der Waals surface area contributed by atoms with E-state index in [2.05, 4.69) is 35.3 Å². The van der Waals surface area contributed by atoms with E-state index in [0.29, 0.717) is 10.2 Å². The highest BCUT2D eigenvalue weighted by Gasteiger charge is 1.98. The molecule has 0 amide bonds. The zero-order valence-electron chi connectivity index (χ0n) is 15.7. The molecule has 0 saturated carbocycles. The van der Waals surface area contributed by atoms with Gasteiger partial charge in [0.05, 0.1) is 0 Å². The Morgan fingerprint density at radius 3 is 1.25 bits per heavy atom. The van der Waals surface area contributed by atoms with Crippen LogP contribution in [0.2, 0.25) is 0 Å². The number of hydrogen-bond acceptors (Lipinski definition) is 2. The first kappa shape index (κ1) is 23.4. The van der Waals surface area contributed by atoms with Crippen LogP contribution in [0, 0.1) is 0 Å². The fourth-order valence-electron chi connectivity index (χ4n) is 2.42. The molecule has 0 aliphatic heterocycles. The first-order chi connectivity index (χ1) is 11.7. The SMILES string of the molecule is CCCCCCCCNC(=S)NNC(=S)NCCCCCCCC. The molecule has 4 nitrogen and oxygen atoms in total. The summed E-state index contributed by atoms with van der Waals surface area (Å²) in [5.41, 5.74) is 5.86. The van der Waals surface area contributed by atoms with E-state index in [0.717, 1.165) is 25.9 Å². The van der Waals surface area contributed by atoms with Gasteiger partial charge in [-0.05, 0) is 37.3 Å². The predicted octanol–water partition coefficient (Wildman–Crippen LogP) is 4.55. The van der Waals surface area contributed by atoms with Crippen molar-refractivity contribution in [3.8, 4) is 0 Å². The Morgan fingerprint density at radius 1 is 0.542 bits per heavy atom. The van der Waals surface area contributed by atoms with Crippen LogP contribution in [0.4, 0.5) is 0 Å². The lowest BCUT2D eigenvalue weighted by molar-refractivity contribution is 0.597. The Hall–Kier alpha value is -0.620. The molecule has 0 aromatic heterocycles. The second-order valence-electron chi connectivity index (χ2n) is 6.30. The highest BCUT2D eigenvalue weighted by molar-refractivity contribution is 7.80. The molecule has 0 saturated heterocycles. The van der Waals surface area contributed by atoms with E-state index < -0.39 is 0 Å². The van der Waals surface area contributed by atoms with Crippen molar-refractivity contribution in [1.29, 1.82) is 0 Å². The lowest BCUT2D eigenvalue weighted by atomic mass is 10.1. The second-order valence-corrected chi connectivity index (χ2v) is 7.11. The Labute approximate surface area is 160 Å². The number of hydrazine groups is 1. The van der Waals surface area contributed by atoms with E-state index in [4.69, 9.17) is 24.4 Å². The lowest BCUT2D eigenvalue weighted by Crippen LogP contribution is -2.50. The Morgan fingerprint density at radius 2 is 0.875 bits per heavy atom. The van der Waals surface area contributed by atoms with Gasteiger partial charge in [0.25, 0.3) is 0 Å². The minimum absolute atomic E-state index is 0.604. The number of unbranched alkanes of at least 4 members (excludes halogenated alkanes) is 10. The molecule has 0 atom stereocenters. The standard InChI is InChI=1S/C18H38N4S2/c1-3-5-7-9-11-13-15-19-17(23)21-22-18(24)20-16-14-12-10-8-6-4-2/h3-16H2,1-2H3,(H2,19,21,23)(H2,20,22,24). The zero-order valence-corrected chi connectivity index (χ0v) is 17.3. The molecule has 0 aromatic rings. The smallest absolute Gasteiger partial charge is 0.185 e. The van der Waals surface area contributed by atoms with Crippen molar-refractivity contribution < 1.29 is 0 Å². The molecule has 0 unspecified atom stereocenters. The summed E-state index contributed by atoms with van der Waals surface area (Å²) in [5, 5.41) is 7.60. The van der Waals surface area contributed by atoms with Gasteiger partial charge in [-0.15, -0.1) is 0 Å². The first-order valence-electron chi connectivity index (χ1n) is 9.78. The van der Waals surface area contributed by atoms with E-state index in [-0.39, 0.29) is 0 Å². The number of thiocarbonyl (C=S) groups is 2. The van der Waals surface area contributed by atoms with Gasteiger partial charge in [-0.25, -0.2) is 0 Å². The summed E-state index contributed by atoms with van der Waals surface area (Å²) in [7, 11) is 0. The topological polar surface area (TPSA) is 48.1 Å². The van der Waals surface area contributed by atoms with Gasteiger partial charge in [-0.1, -0.05) is 78.1 Å². The fraction of sp³-hybridized carbons (Fsp3) is 0.889. The van der Waals surface area contributed by atoms with Gasteiger partial charge in [0.2, 0.25) is 0 Å². The van der Waals surface area contributed by atoms with E-state index in [1.165, 1.54) is 64.2 Å². The monoisotopic (exact) mass is 374 g/mol. The molecule has 6 heteroatoms. The summed E-state index contributed by atoms with van der Waals surface area (Å²) >= 11 is 10.4. The van der Waals surface area contributed by atoms with Gasteiger partial charge in [0.15, 0.2) is 10.2 Å². The summed E-state index contributed by atoms with van der Waals surface area (Å²) in [5.74, 6) is 0. The molecule has 142 valence electrons. The van der Waals surface area contributed by atoms with Gasteiger partial charge in [-0.2, -0.15) is 0 Å². The first-order valence-corrected chi connectivity index (χ1v) is 10.6. The number of rotatable bonds is 14. The van der Waals surface area contributed by atoms with Crippen molar-refractivity contribution in [3.63, 3.8) is 0 Å². The molecule has 0 aliphatic rings. The van der Waals surface area contributed by atoms with E-state index in [1.54, 1.807) is 0 Å². The third kappa shape index (κ3) is 17.7. The van der Waals surface area contributed by atoms with E-state index >= 15 is 0 Å². The van der Waals surface area contributed by atoms with Crippen molar-refractivity contribution in [3.05, 3.63) is 0 Å². The Kier molecular flexibility index (Phi) is 18.2. The van der Waals surface area contributed by atoms with Crippen LogP contribution < -0.4 is 21.5 Å². The molecule has 0 fully saturated rings. The fourth-order valence-corrected chi connectivity index (χ4v) is 2.72. The van der Waals surface area contributed by atoms with Crippen molar-refractivity contribution >= 4 is 34.7 Å². The van der Waals surface area contributed by atoms with Gasteiger partial charge in [0.1, 0.15) is 0 Å². The maximum Gasteiger partial charge on any atom is 0.185 e. The molecule has 0 bridgehead atoms. The summed E-state index contributed by atoms with van der Waals surface area (Å²) < 4.78 is 0. The van der Waals surface area contributed by atoms with Gasteiger partial charge < -0.3 is 10.6 Å². The molecule has 0 radical (unpaired) electrons. The zero-order chi connectivity index (χ0) is 17.9. The van der Waals surface area contributed by atoms with E-state index in [9.17, 15) is 0 Å². The van der Waals surface area contributed by atoms with Crippen LogP contribution >= 0.6 is 24.4 Å². The van der Waals surface area contributed by atoms with Gasteiger partial charge in [0, 0.05) is 13.1 Å². The van der Waals surface area contributed by atoms with Crippen LogP contribution in [0.5, 0.6) is 0 Å². The molecular formula is C18H38N4S2. The molecule has 0 spiro atoms. The summed E-state index contributed by atoms with van der Waals surface area (Å²) in [6.45, 7) is 6.31. The quantitative estimate of drug-likeness (QED) is 0.203.